The van der Waals surface area contributed by atoms with Gasteiger partial charge < -0.3 is 5.32 Å². The molecule has 1 saturated carbocycles. The Bertz CT molecular complexity index is 382. The summed E-state index contributed by atoms with van der Waals surface area (Å²) < 4.78 is 0. The van der Waals surface area contributed by atoms with Crippen LogP contribution in [0.5, 0.6) is 0 Å². The van der Waals surface area contributed by atoms with Crippen molar-refractivity contribution in [2.45, 2.75) is 32.7 Å². The Morgan fingerprint density at radius 3 is 2.40 bits per heavy atom. The molecule has 2 rings (SSSR count). The average molecular weight is 200 g/mol. The highest BCUT2D eigenvalue weighted by atomic mass is 14.9. The molecule has 78 valence electrons. The number of nitrogens with zero attached hydrogens (tertiary/aromatic N) is 1. The molecule has 2 heteroatoms. The lowest BCUT2D eigenvalue weighted by atomic mass is 10.0. The fraction of sp³-hybridized carbons (Fsp3) is 0.462. The second kappa shape index (κ2) is 3.58. The molecule has 1 unspecified atom stereocenters. The van der Waals surface area contributed by atoms with Crippen LogP contribution in [0.1, 0.15) is 32.3 Å². The first-order valence-corrected chi connectivity index (χ1v) is 5.41. The minimum atomic E-state index is 0.480. The molecule has 2 nitrogen and oxygen atoms in total. The van der Waals surface area contributed by atoms with Gasteiger partial charge in [-0.2, -0.15) is 5.26 Å². The molecule has 0 amide bonds. The van der Waals surface area contributed by atoms with Gasteiger partial charge in [-0.3, -0.25) is 0 Å². The van der Waals surface area contributed by atoms with Crippen molar-refractivity contribution in [3.8, 4) is 6.07 Å². The van der Waals surface area contributed by atoms with E-state index in [0.717, 1.165) is 5.69 Å². The van der Waals surface area contributed by atoms with Gasteiger partial charge in [-0.05, 0) is 49.4 Å². The highest BCUT2D eigenvalue weighted by molar-refractivity contribution is 5.48. The van der Waals surface area contributed by atoms with Gasteiger partial charge in [-0.15, -0.1) is 0 Å². The monoisotopic (exact) mass is 200 g/mol. The third-order valence-corrected chi connectivity index (χ3v) is 3.48. The molecule has 0 aromatic heterocycles. The van der Waals surface area contributed by atoms with Crippen LogP contribution in [-0.2, 0) is 0 Å². The molecule has 1 aromatic carbocycles. The lowest BCUT2D eigenvalue weighted by Gasteiger charge is -2.21. The van der Waals surface area contributed by atoms with E-state index in [9.17, 15) is 0 Å². The highest BCUT2D eigenvalue weighted by Gasteiger charge is 2.42. The topological polar surface area (TPSA) is 35.8 Å². The van der Waals surface area contributed by atoms with Crippen LogP contribution < -0.4 is 5.32 Å². The van der Waals surface area contributed by atoms with Gasteiger partial charge in [0.2, 0.25) is 0 Å². The maximum Gasteiger partial charge on any atom is 0.0991 e. The minimum absolute atomic E-state index is 0.480. The van der Waals surface area contributed by atoms with Gasteiger partial charge in [-0.1, -0.05) is 6.92 Å². The summed E-state index contributed by atoms with van der Waals surface area (Å²) in [6, 6.07) is 10.3. The number of benzene rings is 1. The molecule has 15 heavy (non-hydrogen) atoms. The molecule has 0 heterocycles. The van der Waals surface area contributed by atoms with E-state index in [0.29, 0.717) is 17.0 Å². The smallest absolute Gasteiger partial charge is 0.0991 e. The number of nitriles is 1. The second-order valence-corrected chi connectivity index (χ2v) is 4.71. The van der Waals surface area contributed by atoms with E-state index in [-0.39, 0.29) is 0 Å². The van der Waals surface area contributed by atoms with Crippen LogP contribution in [0.25, 0.3) is 0 Å². The Labute approximate surface area is 90.9 Å². The van der Waals surface area contributed by atoms with Gasteiger partial charge in [0.05, 0.1) is 11.6 Å². The minimum Gasteiger partial charge on any atom is -0.382 e. The summed E-state index contributed by atoms with van der Waals surface area (Å²) in [6.07, 6.45) is 2.63. The summed E-state index contributed by atoms with van der Waals surface area (Å²) in [4.78, 5) is 0. The molecular formula is C13H16N2. The summed E-state index contributed by atoms with van der Waals surface area (Å²) >= 11 is 0. The number of anilines is 1. The molecule has 1 N–H and O–H groups in total. The summed E-state index contributed by atoms with van der Waals surface area (Å²) in [5.74, 6) is 0. The number of hydrogen-bond donors (Lipinski definition) is 1. The molecule has 0 radical (unpaired) electrons. The lowest BCUT2D eigenvalue weighted by molar-refractivity contribution is 0.493. The Morgan fingerprint density at radius 1 is 1.33 bits per heavy atom. The number of nitrogens with one attached hydrogen (secondary N) is 1. The van der Waals surface area contributed by atoms with Crippen LogP contribution in [0.2, 0.25) is 0 Å². The zero-order chi connectivity index (χ0) is 10.9. The zero-order valence-corrected chi connectivity index (χ0v) is 9.25. The highest BCUT2D eigenvalue weighted by Crippen LogP contribution is 2.48. The molecule has 0 aliphatic heterocycles. The normalized spacial score (nSPS) is 19.0. The first kappa shape index (κ1) is 10.0. The SMILES string of the molecule is CC(Nc1ccc(C#N)cc1)C1(C)CC1. The van der Waals surface area contributed by atoms with Crippen LogP contribution >= 0.6 is 0 Å². The van der Waals surface area contributed by atoms with Crippen LogP contribution in [0.4, 0.5) is 5.69 Å². The van der Waals surface area contributed by atoms with E-state index in [1.54, 1.807) is 0 Å². The first-order chi connectivity index (χ1) is 7.14. The van der Waals surface area contributed by atoms with Crippen molar-refractivity contribution in [3.05, 3.63) is 29.8 Å². The molecule has 1 atom stereocenters. The Morgan fingerprint density at radius 2 is 1.93 bits per heavy atom. The maximum atomic E-state index is 8.68. The van der Waals surface area contributed by atoms with Crippen molar-refractivity contribution < 1.29 is 0 Å². The van der Waals surface area contributed by atoms with Crippen LogP contribution in [0.3, 0.4) is 0 Å². The Kier molecular flexibility index (Phi) is 2.40. The van der Waals surface area contributed by atoms with Gasteiger partial charge >= 0.3 is 0 Å². The van der Waals surface area contributed by atoms with Crippen molar-refractivity contribution in [2.24, 2.45) is 5.41 Å². The predicted octanol–water partition coefficient (Wildman–Crippen LogP) is 3.16. The number of rotatable bonds is 3. The summed E-state index contributed by atoms with van der Waals surface area (Å²) in [6.45, 7) is 4.54. The van der Waals surface area contributed by atoms with E-state index >= 15 is 0 Å². The van der Waals surface area contributed by atoms with E-state index in [1.807, 2.05) is 24.3 Å². The van der Waals surface area contributed by atoms with Gasteiger partial charge in [0.15, 0.2) is 0 Å². The lowest BCUT2D eigenvalue weighted by Crippen LogP contribution is -2.24. The standard InChI is InChI=1S/C13H16N2/c1-10(13(2)7-8-13)15-12-5-3-11(9-14)4-6-12/h3-6,10,15H,7-8H2,1-2H3. The van der Waals surface area contributed by atoms with E-state index in [1.165, 1.54) is 12.8 Å². The molecule has 1 aliphatic rings. The van der Waals surface area contributed by atoms with E-state index in [4.69, 9.17) is 5.26 Å². The predicted molar refractivity (Wildman–Crippen MR) is 61.6 cm³/mol. The fourth-order valence-corrected chi connectivity index (χ4v) is 1.70. The van der Waals surface area contributed by atoms with Gasteiger partial charge in [-0.25, -0.2) is 0 Å². The summed E-state index contributed by atoms with van der Waals surface area (Å²) in [7, 11) is 0. The Hall–Kier alpha value is -1.49. The summed E-state index contributed by atoms with van der Waals surface area (Å²) in [5.41, 5.74) is 2.30. The van der Waals surface area contributed by atoms with Crippen molar-refractivity contribution >= 4 is 5.69 Å². The average Bonchev–Trinajstić information content (AvgIpc) is 2.99. The first-order valence-electron chi connectivity index (χ1n) is 5.41. The molecule has 0 spiro atoms. The molecule has 1 aromatic rings. The molecule has 0 bridgehead atoms. The van der Waals surface area contributed by atoms with Crippen molar-refractivity contribution in [2.75, 3.05) is 5.32 Å². The largest absolute Gasteiger partial charge is 0.382 e. The molecule has 1 fully saturated rings. The molecule has 1 aliphatic carbocycles. The van der Waals surface area contributed by atoms with E-state index in [2.05, 4.69) is 25.2 Å². The second-order valence-electron chi connectivity index (χ2n) is 4.71. The van der Waals surface area contributed by atoms with Gasteiger partial charge in [0.1, 0.15) is 0 Å². The number of hydrogen-bond acceptors (Lipinski definition) is 2. The maximum absolute atomic E-state index is 8.68. The van der Waals surface area contributed by atoms with Crippen LogP contribution in [0, 0.1) is 16.7 Å². The quantitative estimate of drug-likeness (QED) is 0.813. The zero-order valence-electron chi connectivity index (χ0n) is 9.25. The molecular weight excluding hydrogens is 184 g/mol. The van der Waals surface area contributed by atoms with E-state index < -0.39 is 0 Å². The van der Waals surface area contributed by atoms with Crippen LogP contribution in [-0.4, -0.2) is 6.04 Å². The summed E-state index contributed by atoms with van der Waals surface area (Å²) in [5, 5.41) is 12.2. The van der Waals surface area contributed by atoms with Gasteiger partial charge in [0.25, 0.3) is 0 Å². The van der Waals surface area contributed by atoms with Crippen molar-refractivity contribution in [1.29, 1.82) is 5.26 Å². The fourth-order valence-electron chi connectivity index (χ4n) is 1.70. The van der Waals surface area contributed by atoms with Crippen LogP contribution in [0.15, 0.2) is 24.3 Å². The Balaban J connectivity index is 2.02. The van der Waals surface area contributed by atoms with Crippen molar-refractivity contribution in [3.63, 3.8) is 0 Å². The third-order valence-electron chi connectivity index (χ3n) is 3.48. The third kappa shape index (κ3) is 2.12. The van der Waals surface area contributed by atoms with Gasteiger partial charge in [0, 0.05) is 11.7 Å². The molecule has 0 saturated heterocycles. The van der Waals surface area contributed by atoms with Crippen molar-refractivity contribution in [1.82, 2.24) is 0 Å².